The van der Waals surface area contributed by atoms with Crippen LogP contribution < -0.4 is 10.2 Å². The molecule has 1 amide bonds. The van der Waals surface area contributed by atoms with E-state index in [1.165, 1.54) is 0 Å². The molecule has 4 rings (SSSR count). The van der Waals surface area contributed by atoms with Crippen molar-refractivity contribution in [1.82, 2.24) is 20.3 Å². The van der Waals surface area contributed by atoms with E-state index in [9.17, 15) is 9.90 Å². The summed E-state index contributed by atoms with van der Waals surface area (Å²) in [5.41, 5.74) is -0.533. The molecule has 1 atom stereocenters. The Bertz CT molecular complexity index is 748. The number of hydrogen-bond acceptors (Lipinski definition) is 6. The van der Waals surface area contributed by atoms with E-state index in [1.54, 1.807) is 18.6 Å². The molecule has 1 saturated carbocycles. The Labute approximate surface area is 146 Å². The zero-order valence-corrected chi connectivity index (χ0v) is 13.9. The lowest BCUT2D eigenvalue weighted by Crippen LogP contribution is -2.45. The van der Waals surface area contributed by atoms with Gasteiger partial charge in [0.1, 0.15) is 17.2 Å². The fourth-order valence-electron chi connectivity index (χ4n) is 3.09. The monoisotopic (exact) mass is 339 g/mol. The van der Waals surface area contributed by atoms with Crippen LogP contribution in [0.2, 0.25) is 0 Å². The van der Waals surface area contributed by atoms with E-state index < -0.39 is 5.60 Å². The van der Waals surface area contributed by atoms with Crippen LogP contribution in [0.5, 0.6) is 0 Å². The summed E-state index contributed by atoms with van der Waals surface area (Å²) in [4.78, 5) is 27.1. The van der Waals surface area contributed by atoms with Gasteiger partial charge in [0.05, 0.1) is 5.56 Å². The second kappa shape index (κ2) is 6.40. The van der Waals surface area contributed by atoms with E-state index in [4.69, 9.17) is 0 Å². The maximum Gasteiger partial charge on any atom is 0.254 e. The Kier molecular flexibility index (Phi) is 4.09. The van der Waals surface area contributed by atoms with Crippen molar-refractivity contribution in [3.63, 3.8) is 0 Å². The summed E-state index contributed by atoms with van der Waals surface area (Å²) in [6.45, 7) is 1.35. The number of aromatic nitrogens is 3. The molecule has 0 bridgehead atoms. The molecule has 0 radical (unpaired) electrons. The molecule has 0 spiro atoms. The second-order valence-corrected chi connectivity index (χ2v) is 6.87. The fraction of sp³-hybridized carbons (Fsp3) is 0.444. The first-order valence-corrected chi connectivity index (χ1v) is 8.61. The number of nitrogens with zero attached hydrogens (tertiary/aromatic N) is 4. The Hall–Kier alpha value is -2.54. The van der Waals surface area contributed by atoms with Crippen LogP contribution in [0.15, 0.2) is 36.8 Å². The lowest BCUT2D eigenvalue weighted by atomic mass is 10.0. The zero-order valence-electron chi connectivity index (χ0n) is 13.9. The van der Waals surface area contributed by atoms with E-state index in [1.807, 2.05) is 23.1 Å². The Morgan fingerprint density at radius 3 is 2.76 bits per heavy atom. The average Bonchev–Trinajstić information content (AvgIpc) is 3.43. The molecule has 1 aliphatic carbocycles. The van der Waals surface area contributed by atoms with Crippen LogP contribution in [0.25, 0.3) is 0 Å². The van der Waals surface area contributed by atoms with Gasteiger partial charge in [0.25, 0.3) is 5.91 Å². The maximum atomic E-state index is 12.3. The minimum absolute atomic E-state index is 0.194. The molecular weight excluding hydrogens is 318 g/mol. The van der Waals surface area contributed by atoms with Crippen molar-refractivity contribution in [3.05, 3.63) is 48.2 Å². The molecule has 2 fully saturated rings. The molecular formula is C18H21N5O2. The highest BCUT2D eigenvalue weighted by molar-refractivity contribution is 5.93. The van der Waals surface area contributed by atoms with Crippen LogP contribution >= 0.6 is 0 Å². The number of amides is 1. The van der Waals surface area contributed by atoms with Crippen LogP contribution in [0.3, 0.4) is 0 Å². The van der Waals surface area contributed by atoms with Crippen molar-refractivity contribution < 1.29 is 9.90 Å². The Balaban J connectivity index is 1.33. The van der Waals surface area contributed by atoms with E-state index in [0.717, 1.165) is 24.5 Å². The average molecular weight is 339 g/mol. The summed E-state index contributed by atoms with van der Waals surface area (Å²) in [5, 5.41) is 13.5. The topological polar surface area (TPSA) is 91.2 Å². The van der Waals surface area contributed by atoms with Gasteiger partial charge < -0.3 is 15.3 Å². The van der Waals surface area contributed by atoms with Crippen molar-refractivity contribution in [2.24, 2.45) is 0 Å². The number of carbonyl (C=O) groups is 1. The summed E-state index contributed by atoms with van der Waals surface area (Å²) in [7, 11) is 0. The summed E-state index contributed by atoms with van der Waals surface area (Å²) in [6, 6.07) is 5.71. The number of rotatable bonds is 5. The lowest BCUT2D eigenvalue weighted by Gasteiger charge is -2.24. The smallest absolute Gasteiger partial charge is 0.254 e. The van der Waals surface area contributed by atoms with Gasteiger partial charge in [-0.2, -0.15) is 0 Å². The first-order valence-electron chi connectivity index (χ1n) is 8.61. The third-order valence-electron chi connectivity index (χ3n) is 4.76. The highest BCUT2D eigenvalue weighted by Crippen LogP contribution is 2.37. The van der Waals surface area contributed by atoms with Gasteiger partial charge in [-0.1, -0.05) is 6.07 Å². The van der Waals surface area contributed by atoms with Crippen LogP contribution in [-0.2, 0) is 0 Å². The third kappa shape index (κ3) is 3.61. The first kappa shape index (κ1) is 16.0. The standard InChI is InChI=1S/C18H21N5O2/c24-17(14-9-20-16(21-10-14)13-4-5-13)22-11-18(25)6-8-23(12-18)15-3-1-2-7-19-15/h1-3,7,9-10,13,25H,4-6,8,11-12H2,(H,22,24)/t18-/m0/s1. The van der Waals surface area contributed by atoms with E-state index in [2.05, 4.69) is 20.3 Å². The highest BCUT2D eigenvalue weighted by Gasteiger charge is 2.37. The van der Waals surface area contributed by atoms with Gasteiger partial charge in [-0.25, -0.2) is 15.0 Å². The molecule has 1 saturated heterocycles. The Morgan fingerprint density at radius 2 is 2.08 bits per heavy atom. The van der Waals surface area contributed by atoms with Gasteiger partial charge in [-0.05, 0) is 31.4 Å². The molecule has 3 heterocycles. The van der Waals surface area contributed by atoms with Crippen molar-refractivity contribution >= 4 is 11.7 Å². The molecule has 0 unspecified atom stereocenters. The van der Waals surface area contributed by atoms with Gasteiger partial charge in [0, 0.05) is 44.1 Å². The summed E-state index contributed by atoms with van der Waals surface area (Å²) < 4.78 is 0. The first-order chi connectivity index (χ1) is 12.1. The van der Waals surface area contributed by atoms with Gasteiger partial charge >= 0.3 is 0 Å². The minimum atomic E-state index is -0.956. The van der Waals surface area contributed by atoms with Crippen LogP contribution in [-0.4, -0.2) is 51.2 Å². The SMILES string of the molecule is O=C(NC[C@@]1(O)CCN(c2ccccn2)C1)c1cnc(C2CC2)nc1. The maximum absolute atomic E-state index is 12.3. The molecule has 1 aliphatic heterocycles. The third-order valence-corrected chi connectivity index (χ3v) is 4.76. The molecule has 2 aliphatic rings. The summed E-state index contributed by atoms with van der Waals surface area (Å²) in [5.74, 6) is 1.87. The van der Waals surface area contributed by atoms with Gasteiger partial charge in [-0.3, -0.25) is 4.79 Å². The molecule has 2 aromatic heterocycles. The molecule has 0 aromatic carbocycles. The van der Waals surface area contributed by atoms with Crippen molar-refractivity contribution in [3.8, 4) is 0 Å². The van der Waals surface area contributed by atoms with Gasteiger partial charge in [0.15, 0.2) is 0 Å². The molecule has 2 aromatic rings. The van der Waals surface area contributed by atoms with Crippen molar-refractivity contribution in [1.29, 1.82) is 0 Å². The number of carbonyl (C=O) groups excluding carboxylic acids is 1. The summed E-state index contributed by atoms with van der Waals surface area (Å²) >= 11 is 0. The number of anilines is 1. The molecule has 2 N–H and O–H groups in total. The predicted octanol–water partition coefficient (Wildman–Crippen LogP) is 1.12. The van der Waals surface area contributed by atoms with Crippen molar-refractivity contribution in [2.75, 3.05) is 24.5 Å². The number of pyridine rings is 1. The lowest BCUT2D eigenvalue weighted by molar-refractivity contribution is 0.0575. The number of nitrogens with one attached hydrogen (secondary N) is 1. The van der Waals surface area contributed by atoms with Crippen LogP contribution in [0, 0.1) is 0 Å². The van der Waals surface area contributed by atoms with E-state index in [-0.39, 0.29) is 12.5 Å². The number of β-amino-alcohol motifs (C(OH)–C–C–N with tert-alkyl or cyclic N) is 1. The predicted molar refractivity (Wildman–Crippen MR) is 92.4 cm³/mol. The largest absolute Gasteiger partial charge is 0.386 e. The quantitative estimate of drug-likeness (QED) is 0.848. The normalized spacial score (nSPS) is 22.8. The van der Waals surface area contributed by atoms with Gasteiger partial charge in [0.2, 0.25) is 0 Å². The highest BCUT2D eigenvalue weighted by atomic mass is 16.3. The molecule has 7 heteroatoms. The molecule has 25 heavy (non-hydrogen) atoms. The fourth-order valence-corrected chi connectivity index (χ4v) is 3.09. The molecule has 7 nitrogen and oxygen atoms in total. The van der Waals surface area contributed by atoms with Crippen LogP contribution in [0.1, 0.15) is 41.4 Å². The van der Waals surface area contributed by atoms with Crippen LogP contribution in [0.4, 0.5) is 5.82 Å². The van der Waals surface area contributed by atoms with Gasteiger partial charge in [-0.15, -0.1) is 0 Å². The van der Waals surface area contributed by atoms with E-state index >= 15 is 0 Å². The number of aliphatic hydroxyl groups is 1. The van der Waals surface area contributed by atoms with Crippen molar-refractivity contribution in [2.45, 2.75) is 30.8 Å². The minimum Gasteiger partial charge on any atom is -0.386 e. The Morgan fingerprint density at radius 1 is 1.28 bits per heavy atom. The number of hydrogen-bond donors (Lipinski definition) is 2. The molecule has 130 valence electrons. The summed E-state index contributed by atoms with van der Waals surface area (Å²) in [6.07, 6.45) is 7.71. The second-order valence-electron chi connectivity index (χ2n) is 6.87. The zero-order chi connectivity index (χ0) is 17.3. The van der Waals surface area contributed by atoms with E-state index in [0.29, 0.717) is 31.0 Å².